The van der Waals surface area contributed by atoms with Crippen LogP contribution in [0.5, 0.6) is 0 Å². The largest absolute Gasteiger partial charge is 0.366 e. The third kappa shape index (κ3) is 3.86. The predicted octanol–water partition coefficient (Wildman–Crippen LogP) is 4.14. The van der Waals surface area contributed by atoms with E-state index >= 15 is 0 Å². The summed E-state index contributed by atoms with van der Waals surface area (Å²) in [5.41, 5.74) is 8.25. The number of hydrogen-bond acceptors (Lipinski definition) is 5. The predicted molar refractivity (Wildman–Crippen MR) is 111 cm³/mol. The van der Waals surface area contributed by atoms with Crippen molar-refractivity contribution in [3.63, 3.8) is 0 Å². The molecule has 2 heterocycles. The average molecular weight is 430 g/mol. The van der Waals surface area contributed by atoms with Crippen molar-refractivity contribution >= 4 is 35.2 Å². The molecule has 0 bridgehead atoms. The SMILES string of the molecule is CC1=C(C(N)=O)C(c2ccc(F)cc2)n2nc(SCc3ccccc3Cl)nc2N1. The van der Waals surface area contributed by atoms with Gasteiger partial charge in [0, 0.05) is 16.5 Å². The fourth-order valence-corrected chi connectivity index (χ4v) is 4.34. The number of hydrogen-bond donors (Lipinski definition) is 2. The summed E-state index contributed by atoms with van der Waals surface area (Å²) in [6.45, 7) is 1.76. The van der Waals surface area contributed by atoms with Crippen LogP contribution in [0.4, 0.5) is 10.3 Å². The van der Waals surface area contributed by atoms with Crippen LogP contribution in [-0.4, -0.2) is 20.7 Å². The summed E-state index contributed by atoms with van der Waals surface area (Å²) in [5, 5.41) is 8.86. The lowest BCUT2D eigenvalue weighted by molar-refractivity contribution is -0.115. The quantitative estimate of drug-likeness (QED) is 0.595. The number of aromatic nitrogens is 3. The van der Waals surface area contributed by atoms with Gasteiger partial charge in [-0.25, -0.2) is 9.07 Å². The molecular formula is C20H17ClFN5OS. The maximum atomic E-state index is 13.4. The zero-order valence-electron chi connectivity index (χ0n) is 15.4. The Hall–Kier alpha value is -2.84. The third-order valence-corrected chi connectivity index (χ3v) is 5.85. The molecular weight excluding hydrogens is 413 g/mol. The first-order valence-electron chi connectivity index (χ1n) is 8.80. The average Bonchev–Trinajstić information content (AvgIpc) is 3.09. The zero-order valence-corrected chi connectivity index (χ0v) is 17.0. The van der Waals surface area contributed by atoms with Gasteiger partial charge in [0.15, 0.2) is 0 Å². The van der Waals surface area contributed by atoms with Crippen LogP contribution >= 0.6 is 23.4 Å². The van der Waals surface area contributed by atoms with E-state index in [2.05, 4.69) is 15.4 Å². The summed E-state index contributed by atoms with van der Waals surface area (Å²) >= 11 is 7.65. The fraction of sp³-hybridized carbons (Fsp3) is 0.150. The van der Waals surface area contributed by atoms with Crippen LogP contribution in [-0.2, 0) is 10.5 Å². The Morgan fingerprint density at radius 2 is 2.00 bits per heavy atom. The van der Waals surface area contributed by atoms with E-state index in [-0.39, 0.29) is 5.82 Å². The zero-order chi connectivity index (χ0) is 20.5. The number of benzene rings is 2. The Morgan fingerprint density at radius 3 is 2.69 bits per heavy atom. The number of halogens is 2. The van der Waals surface area contributed by atoms with Crippen molar-refractivity contribution in [3.05, 3.63) is 81.8 Å². The number of nitrogens with two attached hydrogens (primary N) is 1. The molecule has 29 heavy (non-hydrogen) atoms. The van der Waals surface area contributed by atoms with Crippen LogP contribution < -0.4 is 11.1 Å². The van der Waals surface area contributed by atoms with E-state index in [0.29, 0.717) is 38.7 Å². The van der Waals surface area contributed by atoms with Gasteiger partial charge in [-0.3, -0.25) is 4.79 Å². The van der Waals surface area contributed by atoms with Gasteiger partial charge in [0.05, 0.1) is 5.57 Å². The Kier molecular flexibility index (Phi) is 5.29. The smallest absolute Gasteiger partial charge is 0.248 e. The minimum absolute atomic E-state index is 0.358. The number of thioether (sulfide) groups is 1. The maximum absolute atomic E-state index is 13.4. The second-order valence-corrected chi connectivity index (χ2v) is 7.87. The third-order valence-electron chi connectivity index (χ3n) is 4.60. The first-order valence-corrected chi connectivity index (χ1v) is 10.2. The second kappa shape index (κ2) is 7.88. The van der Waals surface area contributed by atoms with E-state index in [1.165, 1.54) is 23.9 Å². The van der Waals surface area contributed by atoms with Gasteiger partial charge in [0.2, 0.25) is 17.0 Å². The maximum Gasteiger partial charge on any atom is 0.248 e. The van der Waals surface area contributed by atoms with Crippen molar-refractivity contribution in [2.75, 3.05) is 5.32 Å². The van der Waals surface area contributed by atoms with E-state index < -0.39 is 11.9 Å². The van der Waals surface area contributed by atoms with Crippen LogP contribution in [0.1, 0.15) is 24.1 Å². The lowest BCUT2D eigenvalue weighted by Gasteiger charge is -2.27. The summed E-state index contributed by atoms with van der Waals surface area (Å²) in [4.78, 5) is 16.7. The lowest BCUT2D eigenvalue weighted by Crippen LogP contribution is -2.31. The summed E-state index contributed by atoms with van der Waals surface area (Å²) in [6, 6.07) is 12.9. The van der Waals surface area contributed by atoms with Crippen molar-refractivity contribution in [2.45, 2.75) is 23.9 Å². The molecule has 0 radical (unpaired) electrons. The molecule has 0 aliphatic carbocycles. The summed E-state index contributed by atoms with van der Waals surface area (Å²) in [7, 11) is 0. The molecule has 0 saturated heterocycles. The highest BCUT2D eigenvalue weighted by Crippen LogP contribution is 2.36. The van der Waals surface area contributed by atoms with Gasteiger partial charge in [-0.2, -0.15) is 4.98 Å². The Bertz CT molecular complexity index is 1110. The first-order chi connectivity index (χ1) is 13.9. The number of carbonyl (C=O) groups excluding carboxylic acids is 1. The van der Waals surface area contributed by atoms with Gasteiger partial charge in [-0.1, -0.05) is 53.7 Å². The molecule has 3 aromatic rings. The molecule has 6 nitrogen and oxygen atoms in total. The molecule has 2 aromatic carbocycles. The topological polar surface area (TPSA) is 85.8 Å². The van der Waals surface area contributed by atoms with Crippen LogP contribution in [0, 0.1) is 5.82 Å². The summed E-state index contributed by atoms with van der Waals surface area (Å²) < 4.78 is 15.0. The molecule has 1 atom stereocenters. The highest BCUT2D eigenvalue weighted by molar-refractivity contribution is 7.98. The van der Waals surface area contributed by atoms with Crippen LogP contribution in [0.25, 0.3) is 0 Å². The van der Waals surface area contributed by atoms with Crippen LogP contribution in [0.3, 0.4) is 0 Å². The lowest BCUT2D eigenvalue weighted by atomic mass is 9.95. The van der Waals surface area contributed by atoms with E-state index in [1.54, 1.807) is 23.7 Å². The van der Waals surface area contributed by atoms with Gasteiger partial charge in [0.25, 0.3) is 0 Å². The summed E-state index contributed by atoms with van der Waals surface area (Å²) in [6.07, 6.45) is 0. The molecule has 1 amide bonds. The van der Waals surface area contributed by atoms with Gasteiger partial charge >= 0.3 is 0 Å². The number of primary amides is 1. The summed E-state index contributed by atoms with van der Waals surface area (Å²) in [5.74, 6) is 0.150. The van der Waals surface area contributed by atoms with Crippen molar-refractivity contribution in [1.29, 1.82) is 0 Å². The van der Waals surface area contributed by atoms with Crippen molar-refractivity contribution in [2.24, 2.45) is 5.73 Å². The number of amides is 1. The number of nitrogens with one attached hydrogen (secondary N) is 1. The van der Waals surface area contributed by atoms with Crippen LogP contribution in [0.2, 0.25) is 5.02 Å². The molecule has 1 unspecified atom stereocenters. The Balaban J connectivity index is 1.69. The van der Waals surface area contributed by atoms with E-state index in [0.717, 1.165) is 5.56 Å². The van der Waals surface area contributed by atoms with Gasteiger partial charge in [0.1, 0.15) is 11.9 Å². The molecule has 4 rings (SSSR count). The Labute approximate surface area is 176 Å². The number of carbonyl (C=O) groups is 1. The van der Waals surface area contributed by atoms with E-state index in [1.807, 2.05) is 24.3 Å². The molecule has 1 aliphatic heterocycles. The number of anilines is 1. The molecule has 1 aromatic heterocycles. The molecule has 0 fully saturated rings. The van der Waals surface area contributed by atoms with E-state index in [4.69, 9.17) is 17.3 Å². The van der Waals surface area contributed by atoms with Crippen LogP contribution in [0.15, 0.2) is 65.0 Å². The monoisotopic (exact) mass is 429 g/mol. The number of fused-ring (bicyclic) bond motifs is 1. The number of rotatable bonds is 5. The molecule has 3 N–H and O–H groups in total. The van der Waals surface area contributed by atoms with Gasteiger partial charge in [-0.05, 0) is 36.2 Å². The highest BCUT2D eigenvalue weighted by atomic mass is 35.5. The van der Waals surface area contributed by atoms with Gasteiger partial charge < -0.3 is 11.1 Å². The van der Waals surface area contributed by atoms with Crippen molar-refractivity contribution < 1.29 is 9.18 Å². The second-order valence-electron chi connectivity index (χ2n) is 6.52. The molecule has 9 heteroatoms. The Morgan fingerprint density at radius 1 is 1.28 bits per heavy atom. The van der Waals surface area contributed by atoms with Gasteiger partial charge in [-0.15, -0.1) is 5.10 Å². The van der Waals surface area contributed by atoms with Crippen molar-refractivity contribution in [1.82, 2.24) is 14.8 Å². The van der Waals surface area contributed by atoms with E-state index in [9.17, 15) is 9.18 Å². The number of nitrogens with zero attached hydrogens (tertiary/aromatic N) is 3. The fourth-order valence-electron chi connectivity index (χ4n) is 3.22. The standard InChI is InChI=1S/C20H17ClFN5OS/c1-11-16(18(23)28)17(12-6-8-14(22)9-7-12)27-19(24-11)25-20(26-27)29-10-13-4-2-3-5-15(13)21/h2-9,17H,10H2,1H3,(H2,23,28)(H,24,25,26). The molecule has 0 spiro atoms. The minimum Gasteiger partial charge on any atom is -0.366 e. The minimum atomic E-state index is -0.591. The highest BCUT2D eigenvalue weighted by Gasteiger charge is 2.33. The molecule has 1 aliphatic rings. The first kappa shape index (κ1) is 19.5. The molecule has 0 saturated carbocycles. The normalized spacial score (nSPS) is 15.8. The number of allylic oxidation sites excluding steroid dienone is 1. The van der Waals surface area contributed by atoms with Crippen molar-refractivity contribution in [3.8, 4) is 0 Å². The molecule has 148 valence electrons.